The van der Waals surface area contributed by atoms with E-state index in [0.717, 1.165) is 41.6 Å². The summed E-state index contributed by atoms with van der Waals surface area (Å²) >= 11 is 0. The molecule has 1 aromatic heterocycles. The van der Waals surface area contributed by atoms with Crippen LogP contribution in [0.3, 0.4) is 0 Å². The van der Waals surface area contributed by atoms with Crippen LogP contribution in [-0.4, -0.2) is 27.9 Å². The molecular weight excluding hydrogens is 418 g/mol. The summed E-state index contributed by atoms with van der Waals surface area (Å²) in [7, 11) is 0. The number of carbonyl (C=O) groups is 2. The number of hydrogen-bond donors (Lipinski definition) is 2. The molecule has 1 fully saturated rings. The summed E-state index contributed by atoms with van der Waals surface area (Å²) in [6.45, 7) is 1.42. The quantitative estimate of drug-likeness (QED) is 0.534. The van der Waals surface area contributed by atoms with Gasteiger partial charge in [0.1, 0.15) is 6.10 Å². The van der Waals surface area contributed by atoms with Crippen LogP contribution in [-0.2, 0) is 9.53 Å². The molecule has 0 radical (unpaired) electrons. The molecule has 1 amide bonds. The van der Waals surface area contributed by atoms with Crippen LogP contribution in [0.1, 0.15) is 37.7 Å². The Bertz CT molecular complexity index is 1130. The van der Waals surface area contributed by atoms with Crippen LogP contribution in [0.25, 0.3) is 0 Å². The largest absolute Gasteiger partial charge is 0.463 e. The lowest BCUT2D eigenvalue weighted by Gasteiger charge is -2.13. The Hall–Kier alpha value is -3.75. The fourth-order valence-electron chi connectivity index (χ4n) is 3.83. The number of anilines is 3. The predicted molar refractivity (Wildman–Crippen MR) is 115 cm³/mol. The number of nitrogens with zero attached hydrogens (tertiary/aromatic N) is 2. The van der Waals surface area contributed by atoms with Crippen molar-refractivity contribution >= 4 is 29.2 Å². The Morgan fingerprint density at radius 1 is 1.03 bits per heavy atom. The Kier molecular flexibility index (Phi) is 6.16. The van der Waals surface area contributed by atoms with Crippen LogP contribution in [0.4, 0.5) is 30.8 Å². The highest BCUT2D eigenvalue weighted by Gasteiger charge is 2.27. The van der Waals surface area contributed by atoms with Gasteiger partial charge >= 0.3 is 12.0 Å². The van der Waals surface area contributed by atoms with E-state index in [0.29, 0.717) is 23.1 Å². The van der Waals surface area contributed by atoms with Gasteiger partial charge in [-0.2, -0.15) is 4.68 Å². The third-order valence-corrected chi connectivity index (χ3v) is 5.34. The second kappa shape index (κ2) is 9.17. The predicted octanol–water partition coefficient (Wildman–Crippen LogP) is 5.18. The Balaban J connectivity index is 1.34. The van der Waals surface area contributed by atoms with Gasteiger partial charge < -0.3 is 15.4 Å². The van der Waals surface area contributed by atoms with E-state index in [1.807, 2.05) is 24.3 Å². The molecule has 7 nitrogen and oxygen atoms in total. The van der Waals surface area contributed by atoms with Crippen molar-refractivity contribution in [2.75, 3.05) is 10.6 Å². The van der Waals surface area contributed by atoms with Gasteiger partial charge in [-0.15, -0.1) is 5.10 Å². The molecular formula is C23H22F2N4O3. The molecule has 1 aliphatic carbocycles. The normalized spacial score (nSPS) is 17.7. The van der Waals surface area contributed by atoms with Gasteiger partial charge in [-0.3, -0.25) is 4.79 Å². The highest BCUT2D eigenvalue weighted by Crippen LogP contribution is 2.36. The van der Waals surface area contributed by atoms with Crippen LogP contribution >= 0.6 is 0 Å². The second-order valence-corrected chi connectivity index (χ2v) is 7.69. The van der Waals surface area contributed by atoms with Gasteiger partial charge in [-0.1, -0.05) is 12.1 Å². The lowest BCUT2D eigenvalue weighted by atomic mass is 9.97. The van der Waals surface area contributed by atoms with Gasteiger partial charge in [0.15, 0.2) is 17.5 Å². The Labute approximate surface area is 183 Å². The number of aromatic nitrogens is 2. The van der Waals surface area contributed by atoms with Crippen LogP contribution in [0, 0.1) is 11.6 Å². The minimum atomic E-state index is -0.977. The van der Waals surface area contributed by atoms with Crippen LogP contribution in [0.15, 0.2) is 54.7 Å². The Morgan fingerprint density at radius 3 is 2.50 bits per heavy atom. The van der Waals surface area contributed by atoms with E-state index in [4.69, 9.17) is 4.74 Å². The van der Waals surface area contributed by atoms with Gasteiger partial charge in [0, 0.05) is 36.6 Å². The van der Waals surface area contributed by atoms with Crippen molar-refractivity contribution in [3.8, 4) is 0 Å². The monoisotopic (exact) mass is 440 g/mol. The fraction of sp³-hybridized carbons (Fsp3) is 0.261. The summed E-state index contributed by atoms with van der Waals surface area (Å²) in [4.78, 5) is 23.6. The molecule has 0 bridgehead atoms. The first-order valence-corrected chi connectivity index (χ1v) is 10.2. The van der Waals surface area contributed by atoms with Crippen LogP contribution in [0.5, 0.6) is 0 Å². The van der Waals surface area contributed by atoms with Crippen molar-refractivity contribution in [2.45, 2.75) is 38.2 Å². The number of hydrogen-bond acceptors (Lipinski definition) is 5. The number of ether oxygens (including phenoxy) is 1. The van der Waals surface area contributed by atoms with Crippen molar-refractivity contribution in [1.29, 1.82) is 0 Å². The summed E-state index contributed by atoms with van der Waals surface area (Å²) in [5, 5.41) is 9.68. The molecule has 2 atom stereocenters. The lowest BCUT2D eigenvalue weighted by molar-refractivity contribution is -0.145. The standard InChI is InChI=1S/C23H22F2N4O3/c1-14(30)32-19-8-4-16(12-19)15-2-5-17(6-3-15)27-23(31)29-11-10-22(28-29)26-18-7-9-20(24)21(25)13-18/h2-3,5-7,9-11,13,16,19H,4,8,12H2,1H3,(H,26,28)(H,27,31)/t16-,19?/m0/s1. The second-order valence-electron chi connectivity index (χ2n) is 7.69. The Morgan fingerprint density at radius 2 is 1.78 bits per heavy atom. The molecule has 1 unspecified atom stereocenters. The molecule has 4 rings (SSSR count). The summed E-state index contributed by atoms with van der Waals surface area (Å²) in [6, 6.07) is 12.0. The first-order valence-electron chi connectivity index (χ1n) is 10.2. The zero-order valence-corrected chi connectivity index (χ0v) is 17.3. The minimum absolute atomic E-state index is 0.0362. The molecule has 1 aliphatic rings. The third kappa shape index (κ3) is 5.11. The van der Waals surface area contributed by atoms with Crippen molar-refractivity contribution in [2.24, 2.45) is 0 Å². The topological polar surface area (TPSA) is 85.2 Å². The van der Waals surface area contributed by atoms with Crippen molar-refractivity contribution in [1.82, 2.24) is 9.78 Å². The average molecular weight is 440 g/mol. The maximum atomic E-state index is 13.3. The maximum Gasteiger partial charge on any atom is 0.346 e. The third-order valence-electron chi connectivity index (χ3n) is 5.34. The van der Waals surface area contributed by atoms with E-state index in [-0.39, 0.29) is 12.1 Å². The van der Waals surface area contributed by atoms with E-state index >= 15 is 0 Å². The molecule has 32 heavy (non-hydrogen) atoms. The molecule has 0 aliphatic heterocycles. The van der Waals surface area contributed by atoms with Crippen LogP contribution in [0.2, 0.25) is 0 Å². The molecule has 2 N–H and O–H groups in total. The summed E-state index contributed by atoms with van der Waals surface area (Å²) in [5.41, 5.74) is 2.06. The summed E-state index contributed by atoms with van der Waals surface area (Å²) in [5.74, 6) is -1.54. The number of nitrogens with one attached hydrogen (secondary N) is 2. The highest BCUT2D eigenvalue weighted by molar-refractivity contribution is 5.90. The molecule has 0 spiro atoms. The number of amides is 1. The zero-order chi connectivity index (χ0) is 22.7. The summed E-state index contributed by atoms with van der Waals surface area (Å²) < 4.78 is 32.8. The van der Waals surface area contributed by atoms with Crippen LogP contribution < -0.4 is 10.6 Å². The SMILES string of the molecule is CC(=O)OC1CC[C@H](c2ccc(NC(=O)n3ccc(Nc4ccc(F)c(F)c4)n3)cc2)C1. The molecule has 2 aromatic carbocycles. The van der Waals surface area contributed by atoms with Crippen molar-refractivity contribution in [3.05, 3.63) is 71.9 Å². The van der Waals surface area contributed by atoms with E-state index in [1.54, 1.807) is 6.07 Å². The number of benzene rings is 2. The smallest absolute Gasteiger partial charge is 0.346 e. The highest BCUT2D eigenvalue weighted by atomic mass is 19.2. The van der Waals surface area contributed by atoms with E-state index in [1.165, 1.54) is 19.2 Å². The van der Waals surface area contributed by atoms with E-state index in [9.17, 15) is 18.4 Å². The molecule has 166 valence electrons. The van der Waals surface area contributed by atoms with Gasteiger partial charge in [0.2, 0.25) is 0 Å². The number of halogens is 2. The molecule has 0 saturated heterocycles. The molecule has 1 saturated carbocycles. The molecule has 3 aromatic rings. The number of carbonyl (C=O) groups excluding carboxylic acids is 2. The minimum Gasteiger partial charge on any atom is -0.463 e. The first kappa shape index (κ1) is 21.5. The maximum absolute atomic E-state index is 13.3. The first-order chi connectivity index (χ1) is 15.4. The molecule has 9 heteroatoms. The number of esters is 1. The van der Waals surface area contributed by atoms with Crippen molar-refractivity contribution < 1.29 is 23.1 Å². The van der Waals surface area contributed by atoms with Gasteiger partial charge in [-0.05, 0) is 55.0 Å². The number of rotatable bonds is 5. The van der Waals surface area contributed by atoms with Gasteiger partial charge in [0.05, 0.1) is 0 Å². The van der Waals surface area contributed by atoms with Gasteiger partial charge in [0.25, 0.3) is 0 Å². The molecule has 1 heterocycles. The average Bonchev–Trinajstić information content (AvgIpc) is 3.41. The fourth-order valence-corrected chi connectivity index (χ4v) is 3.83. The zero-order valence-electron chi connectivity index (χ0n) is 17.3. The van der Waals surface area contributed by atoms with E-state index in [2.05, 4.69) is 15.7 Å². The van der Waals surface area contributed by atoms with E-state index < -0.39 is 17.7 Å². The lowest BCUT2D eigenvalue weighted by Crippen LogP contribution is -2.20. The summed E-state index contributed by atoms with van der Waals surface area (Å²) in [6.07, 6.45) is 4.02. The van der Waals surface area contributed by atoms with Crippen molar-refractivity contribution in [3.63, 3.8) is 0 Å². The van der Waals surface area contributed by atoms with Gasteiger partial charge in [-0.25, -0.2) is 13.6 Å².